The molecule has 0 saturated carbocycles. The van der Waals surface area contributed by atoms with Gasteiger partial charge in [0.25, 0.3) is 0 Å². The van der Waals surface area contributed by atoms with Crippen molar-refractivity contribution in [3.63, 3.8) is 0 Å². The van der Waals surface area contributed by atoms with Crippen LogP contribution in [-0.4, -0.2) is 37.9 Å². The summed E-state index contributed by atoms with van der Waals surface area (Å²) in [7, 11) is 0. The summed E-state index contributed by atoms with van der Waals surface area (Å²) < 4.78 is 17.3. The lowest BCUT2D eigenvalue weighted by atomic mass is 10.0. The first-order valence-electron chi connectivity index (χ1n) is 22.2. The molecule has 1 atom stereocenters. The number of allylic oxidation sites excluding steroid dienone is 2. The Kier molecular flexibility index (Phi) is 40.9. The SMILES string of the molecule is CCCC/C=C\CCCCCCCC(=O)OC(COCCCCCCCCCCCC)COC(=O)CCCCCCCCCCCCCCC. The number of hydrogen-bond acceptors (Lipinski definition) is 5. The second-order valence-electron chi connectivity index (χ2n) is 15.0. The number of carbonyl (C=O) groups is 2. The van der Waals surface area contributed by atoms with E-state index >= 15 is 0 Å². The Bertz CT molecular complexity index is 720. The number of carbonyl (C=O) groups excluding carboxylic acids is 2. The van der Waals surface area contributed by atoms with Gasteiger partial charge in [-0.15, -0.1) is 0 Å². The number of hydrogen-bond donors (Lipinski definition) is 0. The van der Waals surface area contributed by atoms with Crippen molar-refractivity contribution in [1.29, 1.82) is 0 Å². The van der Waals surface area contributed by atoms with E-state index in [-0.39, 0.29) is 18.5 Å². The van der Waals surface area contributed by atoms with E-state index in [0.717, 1.165) is 44.9 Å². The van der Waals surface area contributed by atoms with E-state index in [4.69, 9.17) is 14.2 Å². The van der Waals surface area contributed by atoms with Gasteiger partial charge in [0.2, 0.25) is 0 Å². The van der Waals surface area contributed by atoms with Crippen LogP contribution >= 0.6 is 0 Å². The Hall–Kier alpha value is -1.36. The topological polar surface area (TPSA) is 61.8 Å². The largest absolute Gasteiger partial charge is 0.462 e. The third-order valence-electron chi connectivity index (χ3n) is 9.80. The fourth-order valence-electron chi connectivity index (χ4n) is 6.43. The minimum absolute atomic E-state index is 0.0901. The van der Waals surface area contributed by atoms with Crippen LogP contribution < -0.4 is 0 Å². The van der Waals surface area contributed by atoms with Crippen molar-refractivity contribution >= 4 is 11.9 Å². The van der Waals surface area contributed by atoms with E-state index in [1.165, 1.54) is 161 Å². The van der Waals surface area contributed by atoms with Crippen LogP contribution in [0.2, 0.25) is 0 Å². The number of ether oxygens (including phenoxy) is 3. The maximum Gasteiger partial charge on any atom is 0.306 e. The summed E-state index contributed by atoms with van der Waals surface area (Å²) in [4.78, 5) is 25.1. The van der Waals surface area contributed by atoms with Crippen LogP contribution in [0.4, 0.5) is 0 Å². The van der Waals surface area contributed by atoms with Crippen LogP contribution in [0.1, 0.15) is 239 Å². The van der Waals surface area contributed by atoms with Crippen LogP contribution in [0.25, 0.3) is 0 Å². The van der Waals surface area contributed by atoms with Crippen molar-refractivity contribution in [1.82, 2.24) is 0 Å². The minimum atomic E-state index is -0.527. The quantitative estimate of drug-likeness (QED) is 0.0360. The molecule has 0 aliphatic heterocycles. The Morgan fingerprint density at radius 1 is 0.420 bits per heavy atom. The van der Waals surface area contributed by atoms with Crippen LogP contribution in [-0.2, 0) is 23.8 Å². The number of unbranched alkanes of at least 4 members (excludes halogenated alkanes) is 28. The first kappa shape index (κ1) is 48.6. The van der Waals surface area contributed by atoms with Gasteiger partial charge in [0.1, 0.15) is 6.61 Å². The second kappa shape index (κ2) is 42.1. The average molecular weight is 707 g/mol. The Morgan fingerprint density at radius 2 is 0.800 bits per heavy atom. The maximum absolute atomic E-state index is 12.7. The zero-order valence-electron chi connectivity index (χ0n) is 33.9. The van der Waals surface area contributed by atoms with E-state index < -0.39 is 6.10 Å². The molecule has 0 aromatic rings. The summed E-state index contributed by atoms with van der Waals surface area (Å²) in [6.45, 7) is 7.81. The molecular weight excluding hydrogens is 620 g/mol. The van der Waals surface area contributed by atoms with Gasteiger partial charge in [0.05, 0.1) is 6.61 Å². The molecule has 0 radical (unpaired) electrons. The van der Waals surface area contributed by atoms with Crippen LogP contribution in [0.3, 0.4) is 0 Å². The zero-order valence-corrected chi connectivity index (χ0v) is 33.9. The van der Waals surface area contributed by atoms with Gasteiger partial charge < -0.3 is 14.2 Å². The fourth-order valence-corrected chi connectivity index (χ4v) is 6.43. The summed E-state index contributed by atoms with van der Waals surface area (Å²) in [6, 6.07) is 0. The molecule has 0 spiro atoms. The van der Waals surface area contributed by atoms with Gasteiger partial charge in [-0.1, -0.05) is 200 Å². The molecule has 5 heteroatoms. The van der Waals surface area contributed by atoms with Crippen molar-refractivity contribution in [2.45, 2.75) is 245 Å². The molecule has 0 aromatic heterocycles. The highest BCUT2D eigenvalue weighted by molar-refractivity contribution is 5.70. The summed E-state index contributed by atoms with van der Waals surface area (Å²) in [5.41, 5.74) is 0. The molecule has 0 saturated heterocycles. The molecule has 0 aliphatic rings. The van der Waals surface area contributed by atoms with Crippen molar-refractivity contribution < 1.29 is 23.8 Å². The Labute approximate surface area is 312 Å². The molecule has 0 N–H and O–H groups in total. The molecule has 296 valence electrons. The van der Waals surface area contributed by atoms with Gasteiger partial charge in [0.15, 0.2) is 6.10 Å². The van der Waals surface area contributed by atoms with E-state index in [9.17, 15) is 9.59 Å². The predicted molar refractivity (Wildman–Crippen MR) is 215 cm³/mol. The molecule has 0 amide bonds. The van der Waals surface area contributed by atoms with Gasteiger partial charge in [-0.3, -0.25) is 9.59 Å². The third kappa shape index (κ3) is 39.4. The Balaban J connectivity index is 4.20. The molecule has 0 bridgehead atoms. The summed E-state index contributed by atoms with van der Waals surface area (Å²) in [5.74, 6) is -0.395. The van der Waals surface area contributed by atoms with Gasteiger partial charge in [-0.25, -0.2) is 0 Å². The van der Waals surface area contributed by atoms with Crippen molar-refractivity contribution in [3.8, 4) is 0 Å². The van der Waals surface area contributed by atoms with Gasteiger partial charge >= 0.3 is 11.9 Å². The van der Waals surface area contributed by atoms with Crippen molar-refractivity contribution in [2.24, 2.45) is 0 Å². The highest BCUT2D eigenvalue weighted by Crippen LogP contribution is 2.15. The standard InChI is InChI=1S/C45H86O5/c1-4-7-10-13-16-19-22-23-25-26-29-32-35-38-44(46)49-42-43(41-48-40-37-34-31-28-21-18-15-12-9-6-3)50-45(47)39-36-33-30-27-24-20-17-14-11-8-5-2/h14,17,43H,4-13,15-16,18-42H2,1-3H3/b17-14-. The average Bonchev–Trinajstić information content (AvgIpc) is 3.11. The zero-order chi connectivity index (χ0) is 36.4. The minimum Gasteiger partial charge on any atom is -0.462 e. The summed E-state index contributed by atoms with van der Waals surface area (Å²) in [6.07, 6.45) is 44.8. The molecule has 1 unspecified atom stereocenters. The van der Waals surface area contributed by atoms with Crippen LogP contribution in [0.15, 0.2) is 12.2 Å². The normalized spacial score (nSPS) is 12.1. The lowest BCUT2D eigenvalue weighted by Gasteiger charge is -2.18. The predicted octanol–water partition coefficient (Wildman–Crippen LogP) is 14.3. The first-order valence-corrected chi connectivity index (χ1v) is 22.2. The molecule has 0 rings (SSSR count). The fraction of sp³-hybridized carbons (Fsp3) is 0.911. The molecule has 0 fully saturated rings. The van der Waals surface area contributed by atoms with E-state index in [0.29, 0.717) is 26.1 Å². The molecule has 0 aliphatic carbocycles. The summed E-state index contributed by atoms with van der Waals surface area (Å²) in [5, 5.41) is 0. The Morgan fingerprint density at radius 3 is 1.28 bits per heavy atom. The second-order valence-corrected chi connectivity index (χ2v) is 15.0. The third-order valence-corrected chi connectivity index (χ3v) is 9.80. The lowest BCUT2D eigenvalue weighted by molar-refractivity contribution is -0.163. The van der Waals surface area contributed by atoms with Crippen LogP contribution in [0.5, 0.6) is 0 Å². The highest BCUT2D eigenvalue weighted by atomic mass is 16.6. The van der Waals surface area contributed by atoms with Crippen molar-refractivity contribution in [3.05, 3.63) is 12.2 Å². The molecule has 50 heavy (non-hydrogen) atoms. The summed E-state index contributed by atoms with van der Waals surface area (Å²) >= 11 is 0. The van der Waals surface area contributed by atoms with Gasteiger partial charge in [-0.2, -0.15) is 0 Å². The lowest BCUT2D eigenvalue weighted by Crippen LogP contribution is -2.30. The highest BCUT2D eigenvalue weighted by Gasteiger charge is 2.17. The first-order chi connectivity index (χ1) is 24.6. The number of esters is 2. The monoisotopic (exact) mass is 707 g/mol. The van der Waals surface area contributed by atoms with Gasteiger partial charge in [-0.05, 0) is 38.5 Å². The van der Waals surface area contributed by atoms with E-state index in [1.807, 2.05) is 0 Å². The maximum atomic E-state index is 12.7. The van der Waals surface area contributed by atoms with E-state index in [2.05, 4.69) is 32.9 Å². The van der Waals surface area contributed by atoms with Crippen molar-refractivity contribution in [2.75, 3.05) is 19.8 Å². The molecule has 0 aromatic carbocycles. The molecule has 5 nitrogen and oxygen atoms in total. The molecule has 0 heterocycles. The van der Waals surface area contributed by atoms with E-state index in [1.54, 1.807) is 0 Å². The number of rotatable bonds is 41. The smallest absolute Gasteiger partial charge is 0.306 e. The van der Waals surface area contributed by atoms with Crippen LogP contribution in [0, 0.1) is 0 Å². The van der Waals surface area contributed by atoms with Gasteiger partial charge in [0, 0.05) is 19.4 Å². The molecular formula is C45H86O5.